The zero-order valence-corrected chi connectivity index (χ0v) is 13.3. The van der Waals surface area contributed by atoms with Crippen LogP contribution < -0.4 is 15.5 Å². The highest BCUT2D eigenvalue weighted by atomic mass is 16.6. The molecule has 9 nitrogen and oxygen atoms in total. The summed E-state index contributed by atoms with van der Waals surface area (Å²) in [5.41, 5.74) is -0.140. The number of piperidine rings is 1. The van der Waals surface area contributed by atoms with Gasteiger partial charge in [0.15, 0.2) is 5.41 Å². The van der Waals surface area contributed by atoms with Gasteiger partial charge >= 0.3 is 6.03 Å². The molecule has 1 atom stereocenters. The van der Waals surface area contributed by atoms with Crippen molar-refractivity contribution in [2.24, 2.45) is 5.41 Å². The number of nitro benzene ring substituents is 1. The molecular formula is C16H16N4O5. The van der Waals surface area contributed by atoms with E-state index in [0.29, 0.717) is 18.5 Å². The van der Waals surface area contributed by atoms with Crippen molar-refractivity contribution in [3.8, 4) is 0 Å². The summed E-state index contributed by atoms with van der Waals surface area (Å²) in [6, 6.07) is 3.34. The second-order valence-corrected chi connectivity index (χ2v) is 6.66. The lowest BCUT2D eigenvalue weighted by atomic mass is 9.66. The van der Waals surface area contributed by atoms with Crippen molar-refractivity contribution in [1.82, 2.24) is 10.6 Å². The van der Waals surface area contributed by atoms with Gasteiger partial charge in [0.2, 0.25) is 11.8 Å². The number of nitro groups is 1. The summed E-state index contributed by atoms with van der Waals surface area (Å²) in [6.45, 7) is 0.658. The highest BCUT2D eigenvalue weighted by Crippen LogP contribution is 2.47. The van der Waals surface area contributed by atoms with E-state index in [1.807, 2.05) is 4.90 Å². The number of anilines is 1. The lowest BCUT2D eigenvalue weighted by Gasteiger charge is -2.52. The fourth-order valence-corrected chi connectivity index (χ4v) is 4.28. The predicted octanol–water partition coefficient (Wildman–Crippen LogP) is 0.862. The van der Waals surface area contributed by atoms with Gasteiger partial charge in [0.25, 0.3) is 5.69 Å². The fraction of sp³-hybridized carbons (Fsp3) is 0.438. The lowest BCUT2D eigenvalue weighted by molar-refractivity contribution is -0.384. The molecule has 25 heavy (non-hydrogen) atoms. The van der Waals surface area contributed by atoms with Crippen molar-refractivity contribution in [2.75, 3.05) is 11.4 Å². The Morgan fingerprint density at radius 3 is 2.56 bits per heavy atom. The molecule has 2 fully saturated rings. The van der Waals surface area contributed by atoms with Crippen LogP contribution in [0.25, 0.3) is 0 Å². The summed E-state index contributed by atoms with van der Waals surface area (Å²) >= 11 is 0. The molecule has 0 radical (unpaired) electrons. The third kappa shape index (κ3) is 2.11. The smallest absolute Gasteiger partial charge is 0.328 e. The van der Waals surface area contributed by atoms with Crippen LogP contribution in [0, 0.1) is 15.5 Å². The zero-order chi connectivity index (χ0) is 17.8. The molecule has 4 amide bonds. The van der Waals surface area contributed by atoms with E-state index in [-0.39, 0.29) is 18.2 Å². The largest absolute Gasteiger partial charge is 0.367 e. The van der Waals surface area contributed by atoms with Gasteiger partial charge in [-0.25, -0.2) is 4.79 Å². The van der Waals surface area contributed by atoms with E-state index < -0.39 is 28.2 Å². The molecule has 0 aromatic heterocycles. The number of hydrogen-bond donors (Lipinski definition) is 2. The number of carbonyl (C=O) groups excluding carboxylic acids is 3. The molecule has 0 unspecified atom stereocenters. The van der Waals surface area contributed by atoms with Gasteiger partial charge in [0.1, 0.15) is 0 Å². The highest BCUT2D eigenvalue weighted by molar-refractivity contribution is 6.20. The van der Waals surface area contributed by atoms with Crippen LogP contribution in [0.1, 0.15) is 24.8 Å². The number of benzene rings is 1. The average molecular weight is 344 g/mol. The normalized spacial score (nSPS) is 24.2. The van der Waals surface area contributed by atoms with Crippen molar-refractivity contribution in [1.29, 1.82) is 0 Å². The van der Waals surface area contributed by atoms with Crippen LogP contribution in [-0.2, 0) is 16.0 Å². The van der Waals surface area contributed by atoms with E-state index >= 15 is 0 Å². The molecule has 4 rings (SSSR count). The standard InChI is InChI=1S/C16H16N4O5/c21-13-16(14(22)18-15(23)17-13)8-9-7-10(20(24)25)4-5-11(9)19-6-2-1-3-12(16)19/h4-5,7,12H,1-3,6,8H2,(H2,17,18,21,22,23)/t12-/m1/s1. The van der Waals surface area contributed by atoms with Crippen molar-refractivity contribution in [3.05, 3.63) is 33.9 Å². The minimum absolute atomic E-state index is 0.0378. The van der Waals surface area contributed by atoms with E-state index in [1.165, 1.54) is 12.1 Å². The number of nitrogens with one attached hydrogen (secondary N) is 2. The quantitative estimate of drug-likeness (QED) is 0.443. The average Bonchev–Trinajstić information content (AvgIpc) is 2.58. The minimum atomic E-state index is -1.45. The number of amides is 4. The number of fused-ring (bicyclic) bond motifs is 4. The zero-order valence-electron chi connectivity index (χ0n) is 13.3. The van der Waals surface area contributed by atoms with Gasteiger partial charge in [0.05, 0.1) is 11.0 Å². The molecule has 2 N–H and O–H groups in total. The molecular weight excluding hydrogens is 328 g/mol. The van der Waals surface area contributed by atoms with Crippen LogP contribution in [0.3, 0.4) is 0 Å². The maximum Gasteiger partial charge on any atom is 0.328 e. The molecule has 1 aromatic carbocycles. The molecule has 3 aliphatic heterocycles. The fourth-order valence-electron chi connectivity index (χ4n) is 4.28. The second kappa shape index (κ2) is 5.27. The number of urea groups is 1. The molecule has 1 aromatic rings. The molecule has 3 heterocycles. The monoisotopic (exact) mass is 344 g/mol. The molecule has 9 heteroatoms. The van der Waals surface area contributed by atoms with Crippen LogP contribution in [-0.4, -0.2) is 35.4 Å². The Kier molecular flexibility index (Phi) is 3.28. The summed E-state index contributed by atoms with van der Waals surface area (Å²) in [5, 5.41) is 15.5. The first-order chi connectivity index (χ1) is 11.9. The summed E-state index contributed by atoms with van der Waals surface area (Å²) < 4.78 is 0. The lowest BCUT2D eigenvalue weighted by Crippen LogP contribution is -2.71. The summed E-state index contributed by atoms with van der Waals surface area (Å²) in [5.74, 6) is -1.26. The molecule has 0 saturated carbocycles. The molecule has 0 bridgehead atoms. The maximum atomic E-state index is 12.7. The third-order valence-electron chi connectivity index (χ3n) is 5.39. The van der Waals surface area contributed by atoms with Crippen molar-refractivity contribution < 1.29 is 19.3 Å². The molecule has 1 spiro atoms. The molecule has 130 valence electrons. The Morgan fingerprint density at radius 1 is 1.16 bits per heavy atom. The van der Waals surface area contributed by atoms with Crippen molar-refractivity contribution in [2.45, 2.75) is 31.7 Å². The Labute approximate surface area is 142 Å². The minimum Gasteiger partial charge on any atom is -0.367 e. The number of hydrogen-bond acceptors (Lipinski definition) is 6. The number of rotatable bonds is 1. The summed E-state index contributed by atoms with van der Waals surface area (Å²) in [7, 11) is 0. The Morgan fingerprint density at radius 2 is 1.88 bits per heavy atom. The van der Waals surface area contributed by atoms with E-state index in [2.05, 4.69) is 10.6 Å². The van der Waals surface area contributed by atoms with Crippen LogP contribution in [0.15, 0.2) is 18.2 Å². The van der Waals surface area contributed by atoms with Gasteiger partial charge in [0, 0.05) is 30.8 Å². The Balaban J connectivity index is 1.88. The topological polar surface area (TPSA) is 122 Å². The second-order valence-electron chi connectivity index (χ2n) is 6.66. The van der Waals surface area contributed by atoms with Crippen LogP contribution in [0.4, 0.5) is 16.2 Å². The Bertz CT molecular complexity index is 801. The van der Waals surface area contributed by atoms with Gasteiger partial charge in [-0.05, 0) is 30.9 Å². The first-order valence-corrected chi connectivity index (χ1v) is 8.14. The van der Waals surface area contributed by atoms with Gasteiger partial charge in [-0.3, -0.25) is 30.3 Å². The highest BCUT2D eigenvalue weighted by Gasteiger charge is 2.60. The van der Waals surface area contributed by atoms with Gasteiger partial charge in [-0.2, -0.15) is 0 Å². The first kappa shape index (κ1) is 15.6. The number of non-ortho nitro benzene ring substituents is 1. The van der Waals surface area contributed by atoms with Crippen molar-refractivity contribution in [3.63, 3.8) is 0 Å². The van der Waals surface area contributed by atoms with Crippen LogP contribution in [0.2, 0.25) is 0 Å². The first-order valence-electron chi connectivity index (χ1n) is 8.14. The number of barbiturate groups is 1. The number of carbonyl (C=O) groups is 3. The third-order valence-corrected chi connectivity index (χ3v) is 5.39. The van der Waals surface area contributed by atoms with Crippen LogP contribution in [0.5, 0.6) is 0 Å². The van der Waals surface area contributed by atoms with E-state index in [4.69, 9.17) is 0 Å². The maximum absolute atomic E-state index is 12.7. The molecule has 3 aliphatic rings. The van der Waals surface area contributed by atoms with Gasteiger partial charge < -0.3 is 4.90 Å². The van der Waals surface area contributed by atoms with E-state index in [9.17, 15) is 24.5 Å². The summed E-state index contributed by atoms with van der Waals surface area (Å²) in [4.78, 5) is 49.5. The summed E-state index contributed by atoms with van der Waals surface area (Å²) in [6.07, 6.45) is 2.46. The Hall–Kier alpha value is -2.97. The van der Waals surface area contributed by atoms with Crippen molar-refractivity contribution >= 4 is 29.2 Å². The molecule has 2 saturated heterocycles. The van der Waals surface area contributed by atoms with Gasteiger partial charge in [-0.1, -0.05) is 0 Å². The predicted molar refractivity (Wildman–Crippen MR) is 85.9 cm³/mol. The van der Waals surface area contributed by atoms with E-state index in [0.717, 1.165) is 18.5 Å². The van der Waals surface area contributed by atoms with Crippen LogP contribution >= 0.6 is 0 Å². The number of imide groups is 2. The molecule has 0 aliphatic carbocycles. The SMILES string of the molecule is O=C1NC(=O)C2(Cc3cc([N+](=O)[O-])ccc3N3CCCC[C@@H]32)C(=O)N1. The van der Waals surface area contributed by atoms with Gasteiger partial charge in [-0.15, -0.1) is 0 Å². The van der Waals surface area contributed by atoms with E-state index in [1.54, 1.807) is 6.07 Å². The number of nitrogens with zero attached hydrogens (tertiary/aromatic N) is 2.